The molecule has 0 fully saturated rings. The molecule has 0 unspecified atom stereocenters. The van der Waals surface area contributed by atoms with Gasteiger partial charge in [-0.25, -0.2) is 0 Å². The van der Waals surface area contributed by atoms with Crippen LogP contribution >= 0.6 is 27.7 Å². The van der Waals surface area contributed by atoms with Crippen LogP contribution in [0.1, 0.15) is 5.56 Å². The van der Waals surface area contributed by atoms with Crippen LogP contribution in [0.3, 0.4) is 0 Å². The third-order valence-corrected chi connectivity index (χ3v) is 4.40. The first-order valence-electron chi connectivity index (χ1n) is 6.33. The quantitative estimate of drug-likeness (QED) is 0.417. The van der Waals surface area contributed by atoms with Crippen molar-refractivity contribution in [2.75, 3.05) is 0 Å². The maximum atomic E-state index is 13.0. The van der Waals surface area contributed by atoms with Crippen molar-refractivity contribution in [2.45, 2.75) is 11.1 Å². The lowest BCUT2D eigenvalue weighted by atomic mass is 10.1. The molecule has 2 aromatic rings. The molecule has 0 bridgehead atoms. The Hall–Kier alpha value is -1.46. The molecule has 0 radical (unpaired) electrons. The second kappa shape index (κ2) is 7.20. The van der Waals surface area contributed by atoms with E-state index in [-0.39, 0.29) is 4.91 Å². The number of thioether (sulfide) groups is 1. The highest BCUT2D eigenvalue weighted by Crippen LogP contribution is 2.40. The Morgan fingerprint density at radius 1 is 1.00 bits per heavy atom. The van der Waals surface area contributed by atoms with E-state index in [9.17, 15) is 13.2 Å². The third-order valence-electron chi connectivity index (χ3n) is 2.78. The summed E-state index contributed by atoms with van der Waals surface area (Å²) in [5.41, 5.74) is -0.142. The molecule has 114 valence electrons. The zero-order valence-electron chi connectivity index (χ0n) is 11.4. The molecule has 0 aliphatic carbocycles. The molecule has 0 saturated heterocycles. The highest BCUT2D eigenvalue weighted by Gasteiger charge is 2.34. The molecule has 0 heterocycles. The number of benzene rings is 2. The fourth-order valence-corrected chi connectivity index (χ4v) is 2.87. The van der Waals surface area contributed by atoms with Gasteiger partial charge >= 0.3 is 6.18 Å². The van der Waals surface area contributed by atoms with Crippen LogP contribution in [0.15, 0.2) is 81.0 Å². The third kappa shape index (κ3) is 4.78. The minimum atomic E-state index is -4.46. The molecule has 0 aliphatic heterocycles. The van der Waals surface area contributed by atoms with E-state index >= 15 is 0 Å². The molecule has 0 atom stereocenters. The monoisotopic (exact) mass is 384 g/mol. The van der Waals surface area contributed by atoms with Gasteiger partial charge in [-0.2, -0.15) is 13.2 Å². The topological polar surface area (TPSA) is 0 Å². The number of allylic oxidation sites excluding steroid dienone is 1. The SMILES string of the molecule is C=C(/C(=C\c1ccccc1)Sc1ccc(Br)cc1)C(F)(F)F. The minimum absolute atomic E-state index is 0.0843. The lowest BCUT2D eigenvalue weighted by Gasteiger charge is -2.14. The van der Waals surface area contributed by atoms with Crippen LogP contribution in [0.25, 0.3) is 6.08 Å². The second-order valence-corrected chi connectivity index (χ2v) is 6.48. The van der Waals surface area contributed by atoms with E-state index in [0.29, 0.717) is 5.56 Å². The van der Waals surface area contributed by atoms with E-state index in [0.717, 1.165) is 21.1 Å². The zero-order valence-corrected chi connectivity index (χ0v) is 13.8. The molecule has 0 N–H and O–H groups in total. The summed E-state index contributed by atoms with van der Waals surface area (Å²) in [6, 6.07) is 16.0. The number of rotatable bonds is 4. The normalized spacial score (nSPS) is 12.3. The summed E-state index contributed by atoms with van der Waals surface area (Å²) in [6.45, 7) is 3.21. The van der Waals surface area contributed by atoms with E-state index in [2.05, 4.69) is 22.5 Å². The van der Waals surface area contributed by atoms with Crippen molar-refractivity contribution in [3.8, 4) is 0 Å². The van der Waals surface area contributed by atoms with Crippen LogP contribution in [0.4, 0.5) is 13.2 Å². The van der Waals surface area contributed by atoms with Crippen LogP contribution in [0.2, 0.25) is 0 Å². The number of alkyl halides is 3. The van der Waals surface area contributed by atoms with Gasteiger partial charge in [-0.1, -0.05) is 64.6 Å². The maximum Gasteiger partial charge on any atom is 0.416 e. The summed E-state index contributed by atoms with van der Waals surface area (Å²) < 4.78 is 39.9. The number of halogens is 4. The van der Waals surface area contributed by atoms with Crippen molar-refractivity contribution in [2.24, 2.45) is 0 Å². The van der Waals surface area contributed by atoms with Crippen molar-refractivity contribution in [3.05, 3.63) is 81.7 Å². The van der Waals surface area contributed by atoms with Crippen molar-refractivity contribution in [3.63, 3.8) is 0 Å². The number of hydrogen-bond acceptors (Lipinski definition) is 1. The molecule has 0 aliphatic rings. The first-order valence-corrected chi connectivity index (χ1v) is 7.94. The van der Waals surface area contributed by atoms with E-state index in [1.807, 2.05) is 6.07 Å². The first-order chi connectivity index (χ1) is 10.4. The molecule has 5 heteroatoms. The molecular weight excluding hydrogens is 373 g/mol. The summed E-state index contributed by atoms with van der Waals surface area (Å²) in [5, 5.41) is 0. The van der Waals surface area contributed by atoms with Crippen LogP contribution < -0.4 is 0 Å². The van der Waals surface area contributed by atoms with E-state index < -0.39 is 11.7 Å². The van der Waals surface area contributed by atoms with E-state index in [4.69, 9.17) is 0 Å². The smallest absolute Gasteiger partial charge is 0.166 e. The molecule has 0 saturated carbocycles. The maximum absolute atomic E-state index is 13.0. The molecule has 0 aromatic heterocycles. The van der Waals surface area contributed by atoms with Crippen LogP contribution in [-0.2, 0) is 0 Å². The fourth-order valence-electron chi connectivity index (χ4n) is 1.65. The standard InChI is InChI=1S/C17H12BrF3S/c1-12(17(19,20)21)16(11-13-5-3-2-4-6-13)22-15-9-7-14(18)8-10-15/h2-11H,1H2/b16-11+. The van der Waals surface area contributed by atoms with Gasteiger partial charge in [0.25, 0.3) is 0 Å². The summed E-state index contributed by atoms with van der Waals surface area (Å²) in [6.07, 6.45) is -2.95. The first kappa shape index (κ1) is 16.9. The van der Waals surface area contributed by atoms with Crippen molar-refractivity contribution >= 4 is 33.8 Å². The number of hydrogen-bond donors (Lipinski definition) is 0. The van der Waals surface area contributed by atoms with Gasteiger partial charge < -0.3 is 0 Å². The summed E-state index contributed by atoms with van der Waals surface area (Å²) >= 11 is 4.35. The Bertz CT molecular complexity index is 673. The fraction of sp³-hybridized carbons (Fsp3) is 0.0588. The highest BCUT2D eigenvalue weighted by molar-refractivity contribution is 9.10. The predicted molar refractivity (Wildman–Crippen MR) is 89.6 cm³/mol. The van der Waals surface area contributed by atoms with E-state index in [1.165, 1.54) is 6.08 Å². The summed E-state index contributed by atoms with van der Waals surface area (Å²) in [5.74, 6) is 0. The molecule has 0 spiro atoms. The molecule has 0 amide bonds. The molecule has 0 nitrogen and oxygen atoms in total. The van der Waals surface area contributed by atoms with Gasteiger partial charge in [0.15, 0.2) is 0 Å². The Kier molecular flexibility index (Phi) is 5.53. The summed E-state index contributed by atoms with van der Waals surface area (Å²) in [7, 11) is 0. The van der Waals surface area contributed by atoms with Gasteiger partial charge in [0, 0.05) is 14.3 Å². The Balaban J connectivity index is 2.35. The van der Waals surface area contributed by atoms with Gasteiger partial charge in [-0.05, 0) is 35.9 Å². The largest absolute Gasteiger partial charge is 0.416 e. The predicted octanol–water partition coefficient (Wildman–Crippen LogP) is 6.70. The average molecular weight is 385 g/mol. The summed E-state index contributed by atoms with van der Waals surface area (Å²) in [4.78, 5) is 0.803. The molecular formula is C17H12BrF3S. The average Bonchev–Trinajstić information content (AvgIpc) is 2.48. The lowest BCUT2D eigenvalue weighted by Crippen LogP contribution is -2.11. The van der Waals surface area contributed by atoms with Crippen LogP contribution in [0.5, 0.6) is 0 Å². The van der Waals surface area contributed by atoms with Crippen LogP contribution in [-0.4, -0.2) is 6.18 Å². The van der Waals surface area contributed by atoms with Crippen molar-refractivity contribution < 1.29 is 13.2 Å². The Labute approximate surface area is 139 Å². The van der Waals surface area contributed by atoms with Gasteiger partial charge in [0.1, 0.15) is 0 Å². The van der Waals surface area contributed by atoms with Crippen LogP contribution in [0, 0.1) is 0 Å². The second-order valence-electron chi connectivity index (χ2n) is 4.45. The van der Waals surface area contributed by atoms with Gasteiger partial charge in [-0.3, -0.25) is 0 Å². The van der Waals surface area contributed by atoms with Crippen molar-refractivity contribution in [1.82, 2.24) is 0 Å². The zero-order chi connectivity index (χ0) is 16.2. The molecule has 22 heavy (non-hydrogen) atoms. The lowest BCUT2D eigenvalue weighted by molar-refractivity contribution is -0.0880. The molecule has 2 aromatic carbocycles. The Morgan fingerprint density at radius 3 is 2.14 bits per heavy atom. The van der Waals surface area contributed by atoms with Gasteiger partial charge in [0.2, 0.25) is 0 Å². The minimum Gasteiger partial charge on any atom is -0.166 e. The molecule has 2 rings (SSSR count). The van der Waals surface area contributed by atoms with Gasteiger partial charge in [0.05, 0.1) is 5.57 Å². The highest BCUT2D eigenvalue weighted by atomic mass is 79.9. The van der Waals surface area contributed by atoms with E-state index in [1.54, 1.807) is 48.5 Å². The van der Waals surface area contributed by atoms with Crippen molar-refractivity contribution in [1.29, 1.82) is 0 Å². The Morgan fingerprint density at radius 2 is 1.59 bits per heavy atom. The van der Waals surface area contributed by atoms with Gasteiger partial charge in [-0.15, -0.1) is 0 Å².